The van der Waals surface area contributed by atoms with Crippen molar-refractivity contribution in [3.8, 4) is 0 Å². The van der Waals surface area contributed by atoms with E-state index in [4.69, 9.17) is 0 Å². The predicted octanol–water partition coefficient (Wildman–Crippen LogP) is 4.44. The Balaban J connectivity index is 3.06. The van der Waals surface area contributed by atoms with Crippen LogP contribution in [0.3, 0.4) is 0 Å². The van der Waals surface area contributed by atoms with Crippen molar-refractivity contribution in [1.29, 1.82) is 0 Å². The number of hydrogen-bond donors (Lipinski definition) is 0. The first-order valence-corrected chi connectivity index (χ1v) is 5.42. The Bertz CT molecular complexity index is 319. The number of rotatable bonds is 3. The molecule has 0 bridgehead atoms. The van der Waals surface area contributed by atoms with Gasteiger partial charge in [-0.05, 0) is 30.4 Å². The molecule has 1 aromatic rings. The van der Waals surface area contributed by atoms with Crippen molar-refractivity contribution in [3.05, 3.63) is 41.5 Å². The average Bonchev–Trinajstić information content (AvgIpc) is 2.13. The van der Waals surface area contributed by atoms with E-state index < -0.39 is 0 Å². The molecule has 76 valence electrons. The maximum absolute atomic E-state index is 2.33. The van der Waals surface area contributed by atoms with Gasteiger partial charge in [0.15, 0.2) is 0 Å². The molecule has 0 radical (unpaired) electrons. The molecule has 0 saturated heterocycles. The number of allylic oxidation sites excluding steroid dienone is 2. The third-order valence-electron chi connectivity index (χ3n) is 2.40. The summed E-state index contributed by atoms with van der Waals surface area (Å²) >= 11 is 0. The van der Waals surface area contributed by atoms with Crippen LogP contribution in [0, 0.1) is 12.8 Å². The third kappa shape index (κ3) is 2.73. The molecule has 1 rings (SSSR count). The van der Waals surface area contributed by atoms with Crippen molar-refractivity contribution in [3.63, 3.8) is 0 Å². The normalized spacial score (nSPS) is 12.2. The van der Waals surface area contributed by atoms with E-state index in [1.54, 1.807) is 0 Å². The molecule has 14 heavy (non-hydrogen) atoms. The van der Waals surface area contributed by atoms with E-state index >= 15 is 0 Å². The van der Waals surface area contributed by atoms with Crippen molar-refractivity contribution < 1.29 is 0 Å². The molecule has 0 fully saturated rings. The molecule has 0 spiro atoms. The molecule has 0 nitrogen and oxygen atoms in total. The summed E-state index contributed by atoms with van der Waals surface area (Å²) in [6.07, 6.45) is 3.45. The van der Waals surface area contributed by atoms with E-state index in [9.17, 15) is 0 Å². The summed E-state index contributed by atoms with van der Waals surface area (Å²) < 4.78 is 0. The molecule has 0 aliphatic rings. The quantitative estimate of drug-likeness (QED) is 0.657. The van der Waals surface area contributed by atoms with Crippen molar-refractivity contribution in [2.45, 2.75) is 34.1 Å². The Morgan fingerprint density at radius 3 is 2.57 bits per heavy atom. The standard InChI is InChI=1S/C14H20/c1-5-7-14(11(2)3)13-9-6-8-12(4)10-13/h6-11H,5H2,1-4H3/b14-7-. The van der Waals surface area contributed by atoms with E-state index in [0.29, 0.717) is 5.92 Å². The van der Waals surface area contributed by atoms with Crippen LogP contribution in [0.1, 0.15) is 38.3 Å². The molecule has 0 aliphatic carbocycles. The molecule has 0 heteroatoms. The Morgan fingerprint density at radius 2 is 2.07 bits per heavy atom. The van der Waals surface area contributed by atoms with Crippen LogP contribution in [0.2, 0.25) is 0 Å². The predicted molar refractivity (Wildman–Crippen MR) is 64.3 cm³/mol. The number of aryl methyl sites for hydroxylation is 1. The highest BCUT2D eigenvalue weighted by molar-refractivity contribution is 5.67. The molecule has 1 aromatic carbocycles. The summed E-state index contributed by atoms with van der Waals surface area (Å²) in [6.45, 7) is 8.85. The van der Waals surface area contributed by atoms with Crippen molar-refractivity contribution in [1.82, 2.24) is 0 Å². The Hall–Kier alpha value is -1.04. The fraction of sp³-hybridized carbons (Fsp3) is 0.429. The average molecular weight is 188 g/mol. The van der Waals surface area contributed by atoms with E-state index in [2.05, 4.69) is 58.0 Å². The summed E-state index contributed by atoms with van der Waals surface area (Å²) in [7, 11) is 0. The van der Waals surface area contributed by atoms with E-state index in [0.717, 1.165) is 6.42 Å². The number of hydrogen-bond acceptors (Lipinski definition) is 0. The second-order valence-electron chi connectivity index (χ2n) is 4.09. The fourth-order valence-corrected chi connectivity index (χ4v) is 1.73. The highest BCUT2D eigenvalue weighted by Crippen LogP contribution is 2.24. The molecule has 0 amide bonds. The van der Waals surface area contributed by atoms with Gasteiger partial charge in [-0.2, -0.15) is 0 Å². The Morgan fingerprint density at radius 1 is 1.36 bits per heavy atom. The lowest BCUT2D eigenvalue weighted by molar-refractivity contribution is 0.850. The SMILES string of the molecule is CC/C=C(\c1cccc(C)c1)C(C)C. The molecule has 0 N–H and O–H groups in total. The van der Waals surface area contributed by atoms with Gasteiger partial charge in [0.05, 0.1) is 0 Å². The van der Waals surface area contributed by atoms with Crippen LogP contribution < -0.4 is 0 Å². The first-order valence-electron chi connectivity index (χ1n) is 5.42. The first-order chi connectivity index (χ1) is 6.65. The molecule has 0 saturated carbocycles. The van der Waals surface area contributed by atoms with Crippen molar-refractivity contribution in [2.24, 2.45) is 5.92 Å². The zero-order valence-corrected chi connectivity index (χ0v) is 9.67. The highest BCUT2D eigenvalue weighted by Gasteiger charge is 2.05. The lowest BCUT2D eigenvalue weighted by atomic mass is 9.93. The van der Waals surface area contributed by atoms with Gasteiger partial charge in [0.25, 0.3) is 0 Å². The fourth-order valence-electron chi connectivity index (χ4n) is 1.73. The van der Waals surface area contributed by atoms with Gasteiger partial charge in [-0.3, -0.25) is 0 Å². The van der Waals surface area contributed by atoms with Crippen LogP contribution in [-0.2, 0) is 0 Å². The summed E-state index contributed by atoms with van der Waals surface area (Å²) in [5.41, 5.74) is 4.18. The van der Waals surface area contributed by atoms with E-state index in [1.165, 1.54) is 16.7 Å². The third-order valence-corrected chi connectivity index (χ3v) is 2.40. The molecule has 0 aromatic heterocycles. The van der Waals surface area contributed by atoms with Gasteiger partial charge in [-0.25, -0.2) is 0 Å². The largest absolute Gasteiger partial charge is 0.0807 e. The summed E-state index contributed by atoms with van der Waals surface area (Å²) in [5, 5.41) is 0. The van der Waals surface area contributed by atoms with E-state index in [1.807, 2.05) is 0 Å². The number of benzene rings is 1. The van der Waals surface area contributed by atoms with Gasteiger partial charge in [-0.15, -0.1) is 0 Å². The zero-order valence-electron chi connectivity index (χ0n) is 9.67. The van der Waals surface area contributed by atoms with Crippen LogP contribution in [0.25, 0.3) is 5.57 Å². The van der Waals surface area contributed by atoms with Crippen molar-refractivity contribution in [2.75, 3.05) is 0 Å². The van der Waals surface area contributed by atoms with Gasteiger partial charge in [-0.1, -0.05) is 56.7 Å². The van der Waals surface area contributed by atoms with E-state index in [-0.39, 0.29) is 0 Å². The Labute approximate surface area is 87.7 Å². The molecule has 0 atom stereocenters. The first kappa shape index (κ1) is 11.0. The van der Waals surface area contributed by atoms with Crippen LogP contribution in [0.5, 0.6) is 0 Å². The smallest absolute Gasteiger partial charge is 0.0216 e. The van der Waals surface area contributed by atoms with Gasteiger partial charge in [0, 0.05) is 0 Å². The lowest BCUT2D eigenvalue weighted by Crippen LogP contribution is -1.94. The van der Waals surface area contributed by atoms with Gasteiger partial charge >= 0.3 is 0 Å². The van der Waals surface area contributed by atoms with Crippen LogP contribution >= 0.6 is 0 Å². The zero-order chi connectivity index (χ0) is 10.6. The van der Waals surface area contributed by atoms with Crippen molar-refractivity contribution >= 4 is 5.57 Å². The molecular weight excluding hydrogens is 168 g/mol. The topological polar surface area (TPSA) is 0 Å². The summed E-state index contributed by atoms with van der Waals surface area (Å²) in [5.74, 6) is 0.608. The lowest BCUT2D eigenvalue weighted by Gasteiger charge is -2.12. The second-order valence-corrected chi connectivity index (χ2v) is 4.09. The minimum atomic E-state index is 0.608. The van der Waals surface area contributed by atoms with Gasteiger partial charge in [0.1, 0.15) is 0 Å². The van der Waals surface area contributed by atoms with Crippen LogP contribution in [0.15, 0.2) is 30.3 Å². The molecule has 0 heterocycles. The minimum absolute atomic E-state index is 0.608. The molecule has 0 aliphatic heterocycles. The minimum Gasteiger partial charge on any atom is -0.0807 e. The molecule has 0 unspecified atom stereocenters. The van der Waals surface area contributed by atoms with Crippen LogP contribution in [-0.4, -0.2) is 0 Å². The maximum Gasteiger partial charge on any atom is -0.0216 e. The summed E-state index contributed by atoms with van der Waals surface area (Å²) in [6, 6.07) is 8.75. The molecular formula is C14H20. The Kier molecular flexibility index (Phi) is 3.94. The van der Waals surface area contributed by atoms with Gasteiger partial charge < -0.3 is 0 Å². The monoisotopic (exact) mass is 188 g/mol. The van der Waals surface area contributed by atoms with Gasteiger partial charge in [0.2, 0.25) is 0 Å². The second kappa shape index (κ2) is 4.99. The highest BCUT2D eigenvalue weighted by atomic mass is 14.1. The van der Waals surface area contributed by atoms with Crippen LogP contribution in [0.4, 0.5) is 0 Å². The maximum atomic E-state index is 2.33. The summed E-state index contributed by atoms with van der Waals surface area (Å²) in [4.78, 5) is 0.